The zero-order chi connectivity index (χ0) is 19.9. The number of hydrogen-bond donors (Lipinski definition) is 3. The van der Waals surface area contributed by atoms with E-state index in [-0.39, 0.29) is 5.91 Å². The summed E-state index contributed by atoms with van der Waals surface area (Å²) in [5.74, 6) is -0.449. The van der Waals surface area contributed by atoms with E-state index in [1.165, 1.54) is 16.2 Å². The van der Waals surface area contributed by atoms with Crippen LogP contribution in [0.5, 0.6) is 0 Å². The highest BCUT2D eigenvalue weighted by Gasteiger charge is 2.22. The van der Waals surface area contributed by atoms with E-state index in [1.807, 2.05) is 36.4 Å². The fourth-order valence-electron chi connectivity index (χ4n) is 3.35. The van der Waals surface area contributed by atoms with Crippen LogP contribution in [0, 0.1) is 0 Å². The van der Waals surface area contributed by atoms with Crippen molar-refractivity contribution in [3.05, 3.63) is 42.0 Å². The third-order valence-electron chi connectivity index (χ3n) is 5.05. The highest BCUT2D eigenvalue weighted by atomic mass is 32.1. The van der Waals surface area contributed by atoms with Crippen LogP contribution in [-0.4, -0.2) is 58.3 Å². The maximum absolute atomic E-state index is 12.5. The van der Waals surface area contributed by atoms with Crippen LogP contribution in [0.15, 0.2) is 36.4 Å². The summed E-state index contributed by atoms with van der Waals surface area (Å²) in [7, 11) is 2.21. The highest BCUT2D eigenvalue weighted by molar-refractivity contribution is 7.20. The molecule has 0 aliphatic carbocycles. The van der Waals surface area contributed by atoms with Crippen LogP contribution >= 0.6 is 11.3 Å². The molecule has 1 aromatic heterocycles. The number of rotatable bonds is 7. The van der Waals surface area contributed by atoms with E-state index in [1.54, 1.807) is 11.8 Å². The van der Waals surface area contributed by atoms with Gasteiger partial charge in [0.15, 0.2) is 0 Å². The van der Waals surface area contributed by atoms with Gasteiger partial charge in [0.05, 0.1) is 32.2 Å². The van der Waals surface area contributed by atoms with Crippen LogP contribution in [0.3, 0.4) is 0 Å². The van der Waals surface area contributed by atoms with Gasteiger partial charge >= 0.3 is 5.97 Å². The van der Waals surface area contributed by atoms with Gasteiger partial charge in [-0.3, -0.25) is 4.79 Å². The number of esters is 1. The molecule has 1 saturated heterocycles. The molecule has 2 aromatic rings. The Hall–Kier alpha value is -2.22. The molecule has 150 valence electrons. The van der Waals surface area contributed by atoms with Crippen LogP contribution in [0.25, 0.3) is 10.4 Å². The maximum atomic E-state index is 12.5. The quantitative estimate of drug-likeness (QED) is 0.584. The minimum Gasteiger partial charge on any atom is -0.462 e. The summed E-state index contributed by atoms with van der Waals surface area (Å²) >= 11 is 1.41. The van der Waals surface area contributed by atoms with Crippen molar-refractivity contribution in [3.63, 3.8) is 0 Å². The molecular weight excluding hydrogens is 374 g/mol. The van der Waals surface area contributed by atoms with Gasteiger partial charge in [-0.1, -0.05) is 30.3 Å². The molecule has 1 aromatic carbocycles. The van der Waals surface area contributed by atoms with E-state index in [0.717, 1.165) is 43.2 Å². The van der Waals surface area contributed by atoms with E-state index in [4.69, 9.17) is 4.74 Å². The number of benzene rings is 1. The van der Waals surface area contributed by atoms with Crippen molar-refractivity contribution >= 4 is 28.2 Å². The second-order valence-corrected chi connectivity index (χ2v) is 8.25. The average Bonchev–Trinajstić information content (AvgIpc) is 3.12. The molecule has 1 aliphatic heterocycles. The van der Waals surface area contributed by atoms with E-state index < -0.39 is 5.97 Å². The minimum absolute atomic E-state index is 0.0502. The largest absolute Gasteiger partial charge is 0.462 e. The van der Waals surface area contributed by atoms with Gasteiger partial charge < -0.3 is 19.9 Å². The van der Waals surface area contributed by atoms with Gasteiger partial charge in [0, 0.05) is 4.88 Å². The molecule has 1 aliphatic rings. The zero-order valence-corrected chi connectivity index (χ0v) is 17.4. The van der Waals surface area contributed by atoms with Crippen molar-refractivity contribution in [2.45, 2.75) is 13.3 Å². The Labute approximate surface area is 170 Å². The van der Waals surface area contributed by atoms with Crippen LogP contribution in [0.2, 0.25) is 0 Å². The number of hydrogen-bond acceptors (Lipinski definition) is 4. The van der Waals surface area contributed by atoms with Crippen molar-refractivity contribution < 1.29 is 24.1 Å². The standard InChI is InChI=1S/C21H27N3O3S/c1-3-27-21(26)17-15-18(16-7-5-4-6-8-16)28-20(17)22-19(25)9-10-24-13-11-23(2)12-14-24/h4-8,15H,3,9-14H2,1-2H3,(H,22,25)/p+2. The lowest BCUT2D eigenvalue weighted by atomic mass is 10.1. The normalized spacial score (nSPS) is 19.2. The Balaban J connectivity index is 1.68. The van der Waals surface area contributed by atoms with E-state index >= 15 is 0 Å². The molecule has 1 amide bonds. The second kappa shape index (κ2) is 9.82. The molecule has 28 heavy (non-hydrogen) atoms. The van der Waals surface area contributed by atoms with Gasteiger partial charge in [-0.2, -0.15) is 0 Å². The first kappa shape index (κ1) is 20.5. The number of quaternary nitrogens is 2. The number of likely N-dealkylation sites (N-methyl/N-ethyl adjacent to an activating group) is 1. The Morgan fingerprint density at radius 1 is 1.14 bits per heavy atom. The topological polar surface area (TPSA) is 64.3 Å². The van der Waals surface area contributed by atoms with Crippen molar-refractivity contribution in [2.24, 2.45) is 0 Å². The Morgan fingerprint density at radius 2 is 1.86 bits per heavy atom. The van der Waals surface area contributed by atoms with Gasteiger partial charge in [0.25, 0.3) is 0 Å². The maximum Gasteiger partial charge on any atom is 0.341 e. The molecule has 0 atom stereocenters. The van der Waals surface area contributed by atoms with Crippen molar-refractivity contribution in [3.8, 4) is 10.4 Å². The first-order valence-corrected chi connectivity index (χ1v) is 10.7. The van der Waals surface area contributed by atoms with Crippen LogP contribution in [-0.2, 0) is 9.53 Å². The summed E-state index contributed by atoms with van der Waals surface area (Å²) in [5.41, 5.74) is 1.44. The molecule has 0 spiro atoms. The third kappa shape index (κ3) is 5.41. The Morgan fingerprint density at radius 3 is 2.54 bits per heavy atom. The zero-order valence-electron chi connectivity index (χ0n) is 16.5. The summed E-state index contributed by atoms with van der Waals surface area (Å²) < 4.78 is 5.17. The molecular formula is C21H29N3O3S+2. The molecule has 0 radical (unpaired) electrons. The predicted octanol–water partition coefficient (Wildman–Crippen LogP) is 0.334. The van der Waals surface area contributed by atoms with Gasteiger partial charge in [-0.05, 0) is 18.6 Å². The Kier molecular flexibility index (Phi) is 7.19. The van der Waals surface area contributed by atoms with Crippen LogP contribution < -0.4 is 15.1 Å². The molecule has 6 nitrogen and oxygen atoms in total. The molecule has 1 fully saturated rings. The first-order valence-electron chi connectivity index (χ1n) is 9.88. The fourth-order valence-corrected chi connectivity index (χ4v) is 4.42. The molecule has 7 heteroatoms. The fraction of sp³-hybridized carbons (Fsp3) is 0.429. The minimum atomic E-state index is -0.399. The number of carbonyl (C=O) groups is 2. The summed E-state index contributed by atoms with van der Waals surface area (Å²) in [6.45, 7) is 7.41. The number of ether oxygens (including phenoxy) is 1. The van der Waals surface area contributed by atoms with Gasteiger partial charge in [-0.15, -0.1) is 11.3 Å². The highest BCUT2D eigenvalue weighted by Crippen LogP contribution is 2.35. The number of nitrogens with one attached hydrogen (secondary N) is 3. The monoisotopic (exact) mass is 403 g/mol. The number of amides is 1. The first-order chi connectivity index (χ1) is 13.6. The van der Waals surface area contributed by atoms with Gasteiger partial charge in [0.1, 0.15) is 31.2 Å². The van der Waals surface area contributed by atoms with Crippen LogP contribution in [0.4, 0.5) is 5.00 Å². The van der Waals surface area contributed by atoms with E-state index in [2.05, 4.69) is 12.4 Å². The number of carbonyl (C=O) groups excluding carboxylic acids is 2. The SMILES string of the molecule is CCOC(=O)c1cc(-c2ccccc2)sc1NC(=O)CC[NH+]1CC[NH+](C)CC1. The molecule has 0 unspecified atom stereocenters. The molecule has 3 rings (SSSR count). The average molecular weight is 404 g/mol. The van der Waals surface area contributed by atoms with Crippen molar-refractivity contribution in [1.82, 2.24) is 0 Å². The molecule has 0 saturated carbocycles. The number of thiophene rings is 1. The summed E-state index contributed by atoms with van der Waals surface area (Å²) in [6, 6.07) is 11.7. The predicted molar refractivity (Wildman–Crippen MR) is 111 cm³/mol. The Bertz CT molecular complexity index is 798. The lowest BCUT2D eigenvalue weighted by Gasteiger charge is -2.27. The van der Waals surface area contributed by atoms with Crippen molar-refractivity contribution in [2.75, 3.05) is 51.7 Å². The summed E-state index contributed by atoms with van der Waals surface area (Å²) in [5, 5.41) is 3.52. The van der Waals surface area contributed by atoms with E-state index in [0.29, 0.717) is 23.6 Å². The van der Waals surface area contributed by atoms with E-state index in [9.17, 15) is 9.59 Å². The van der Waals surface area contributed by atoms with Crippen molar-refractivity contribution in [1.29, 1.82) is 0 Å². The molecule has 3 N–H and O–H groups in total. The summed E-state index contributed by atoms with van der Waals surface area (Å²) in [6.07, 6.45) is 0.454. The third-order valence-corrected chi connectivity index (χ3v) is 6.15. The smallest absolute Gasteiger partial charge is 0.341 e. The lowest BCUT2D eigenvalue weighted by molar-refractivity contribution is -1.00. The van der Waals surface area contributed by atoms with Gasteiger partial charge in [-0.25, -0.2) is 4.79 Å². The number of anilines is 1. The lowest BCUT2D eigenvalue weighted by Crippen LogP contribution is -3.27. The molecule has 2 heterocycles. The number of piperazine rings is 1. The molecule has 0 bridgehead atoms. The summed E-state index contributed by atoms with van der Waals surface area (Å²) in [4.78, 5) is 28.8. The van der Waals surface area contributed by atoms with Crippen LogP contribution in [0.1, 0.15) is 23.7 Å². The van der Waals surface area contributed by atoms with Gasteiger partial charge in [0.2, 0.25) is 5.91 Å². The second-order valence-electron chi connectivity index (χ2n) is 7.20.